The Bertz CT molecular complexity index is 994. The second-order valence-electron chi connectivity index (χ2n) is 5.67. The molecule has 0 aliphatic rings. The number of nitrogens with zero attached hydrogens (tertiary/aromatic N) is 3. The van der Waals surface area contributed by atoms with Crippen molar-refractivity contribution in [3.63, 3.8) is 0 Å². The van der Waals surface area contributed by atoms with E-state index >= 15 is 0 Å². The predicted molar refractivity (Wildman–Crippen MR) is 112 cm³/mol. The Balaban J connectivity index is 1.92. The summed E-state index contributed by atoms with van der Waals surface area (Å²) in [5.41, 5.74) is 2.85. The van der Waals surface area contributed by atoms with Crippen LogP contribution in [0.25, 0.3) is 34.2 Å². The molecule has 0 saturated heterocycles. The zero-order chi connectivity index (χ0) is 17.9. The number of hydrogen-bond acceptors (Lipinski definition) is 3. The summed E-state index contributed by atoms with van der Waals surface area (Å²) in [4.78, 5) is 14.1. The molecule has 0 spiro atoms. The van der Waals surface area contributed by atoms with Gasteiger partial charge in [-0.1, -0.05) is 60.7 Å². The molecule has 0 aliphatic heterocycles. The van der Waals surface area contributed by atoms with E-state index in [2.05, 4.69) is 31.9 Å². The van der Waals surface area contributed by atoms with Crippen LogP contribution in [0.5, 0.6) is 0 Å². The van der Waals surface area contributed by atoms with Crippen molar-refractivity contribution in [2.75, 3.05) is 0 Å². The molecule has 0 bridgehead atoms. The second-order valence-corrected chi connectivity index (χ2v) is 7.38. The fourth-order valence-corrected chi connectivity index (χ4v) is 3.20. The number of benzene rings is 3. The minimum absolute atomic E-state index is 0.644. The Labute approximate surface area is 168 Å². The van der Waals surface area contributed by atoms with E-state index in [0.29, 0.717) is 17.5 Å². The summed E-state index contributed by atoms with van der Waals surface area (Å²) in [6.45, 7) is 0. The summed E-state index contributed by atoms with van der Waals surface area (Å²) in [7, 11) is 0. The van der Waals surface area contributed by atoms with Gasteiger partial charge in [-0.2, -0.15) is 0 Å². The summed E-state index contributed by atoms with van der Waals surface area (Å²) in [6, 6.07) is 25.9. The first kappa shape index (κ1) is 17.1. The largest absolute Gasteiger partial charge is 0.208 e. The third kappa shape index (κ3) is 3.59. The Morgan fingerprint density at radius 1 is 0.462 bits per heavy atom. The van der Waals surface area contributed by atoms with Crippen molar-refractivity contribution < 1.29 is 0 Å². The highest BCUT2D eigenvalue weighted by atomic mass is 79.9. The van der Waals surface area contributed by atoms with E-state index < -0.39 is 0 Å². The predicted octanol–water partition coefficient (Wildman–Crippen LogP) is 6.40. The van der Waals surface area contributed by atoms with Gasteiger partial charge in [0.25, 0.3) is 0 Å². The van der Waals surface area contributed by atoms with Gasteiger partial charge in [0.05, 0.1) is 0 Å². The van der Waals surface area contributed by atoms with Gasteiger partial charge in [0.1, 0.15) is 0 Å². The van der Waals surface area contributed by atoms with Gasteiger partial charge in [0, 0.05) is 25.6 Å². The number of rotatable bonds is 3. The molecular weight excluding hydrogens is 454 g/mol. The van der Waals surface area contributed by atoms with Crippen LogP contribution in [0, 0.1) is 0 Å². The molecule has 3 aromatic carbocycles. The molecule has 0 amide bonds. The Hall–Kier alpha value is -2.37. The first-order valence-electron chi connectivity index (χ1n) is 8.03. The van der Waals surface area contributed by atoms with Crippen LogP contribution in [0.3, 0.4) is 0 Å². The molecule has 26 heavy (non-hydrogen) atoms. The molecule has 1 aromatic heterocycles. The van der Waals surface area contributed by atoms with E-state index in [1.807, 2.05) is 78.9 Å². The molecule has 3 nitrogen and oxygen atoms in total. The van der Waals surface area contributed by atoms with Crippen molar-refractivity contribution >= 4 is 31.9 Å². The van der Waals surface area contributed by atoms with Crippen molar-refractivity contribution in [2.45, 2.75) is 0 Å². The molecule has 0 saturated carbocycles. The molecule has 5 heteroatoms. The van der Waals surface area contributed by atoms with Crippen LogP contribution in [0.15, 0.2) is 87.8 Å². The van der Waals surface area contributed by atoms with E-state index in [1.165, 1.54) is 0 Å². The smallest absolute Gasteiger partial charge is 0.164 e. The van der Waals surface area contributed by atoms with Crippen molar-refractivity contribution in [2.24, 2.45) is 0 Å². The first-order valence-corrected chi connectivity index (χ1v) is 9.62. The lowest BCUT2D eigenvalue weighted by atomic mass is 10.1. The van der Waals surface area contributed by atoms with Crippen molar-refractivity contribution in [1.82, 2.24) is 15.0 Å². The number of halogens is 2. The molecule has 126 valence electrons. The van der Waals surface area contributed by atoms with Crippen LogP contribution in [0.2, 0.25) is 0 Å². The Morgan fingerprint density at radius 2 is 0.923 bits per heavy atom. The lowest BCUT2D eigenvalue weighted by Crippen LogP contribution is -2.00. The molecule has 0 unspecified atom stereocenters. The fraction of sp³-hybridized carbons (Fsp3) is 0. The normalized spacial score (nSPS) is 10.7. The van der Waals surface area contributed by atoms with Gasteiger partial charge in [-0.15, -0.1) is 0 Å². The van der Waals surface area contributed by atoms with Gasteiger partial charge in [-0.25, -0.2) is 15.0 Å². The van der Waals surface area contributed by atoms with Crippen LogP contribution >= 0.6 is 31.9 Å². The lowest BCUT2D eigenvalue weighted by Gasteiger charge is -2.09. The van der Waals surface area contributed by atoms with E-state index in [9.17, 15) is 0 Å². The minimum Gasteiger partial charge on any atom is -0.208 e. The summed E-state index contributed by atoms with van der Waals surface area (Å²) in [6.07, 6.45) is 0. The molecule has 0 atom stereocenters. The highest BCUT2D eigenvalue weighted by Crippen LogP contribution is 2.29. The van der Waals surface area contributed by atoms with Gasteiger partial charge in [0.15, 0.2) is 17.5 Å². The molecule has 0 N–H and O–H groups in total. The standard InChI is InChI=1S/C21H13Br2N3/c22-17-12-11-16(13-18(17)23)21-25-19(14-7-3-1-4-8-14)24-20(26-21)15-9-5-2-6-10-15/h1-13H. The molecule has 0 fully saturated rings. The molecule has 0 aliphatic carbocycles. The number of hydrogen-bond donors (Lipinski definition) is 0. The SMILES string of the molecule is Brc1ccc(-c2nc(-c3ccccc3)nc(-c3ccccc3)n2)cc1Br. The van der Waals surface area contributed by atoms with Crippen molar-refractivity contribution in [1.29, 1.82) is 0 Å². The van der Waals surface area contributed by atoms with Crippen LogP contribution in [-0.2, 0) is 0 Å². The lowest BCUT2D eigenvalue weighted by molar-refractivity contribution is 1.07. The molecule has 4 aromatic rings. The van der Waals surface area contributed by atoms with Gasteiger partial charge in [-0.05, 0) is 50.1 Å². The van der Waals surface area contributed by atoms with Crippen LogP contribution in [0.4, 0.5) is 0 Å². The summed E-state index contributed by atoms with van der Waals surface area (Å²) >= 11 is 7.06. The quantitative estimate of drug-likeness (QED) is 0.350. The zero-order valence-corrected chi connectivity index (χ0v) is 16.8. The van der Waals surface area contributed by atoms with Gasteiger partial charge in [0.2, 0.25) is 0 Å². The maximum absolute atomic E-state index is 4.71. The van der Waals surface area contributed by atoms with Gasteiger partial charge >= 0.3 is 0 Å². The summed E-state index contributed by atoms with van der Waals surface area (Å²) in [5, 5.41) is 0. The Morgan fingerprint density at radius 3 is 1.38 bits per heavy atom. The topological polar surface area (TPSA) is 38.7 Å². The van der Waals surface area contributed by atoms with Crippen LogP contribution < -0.4 is 0 Å². The second kappa shape index (κ2) is 7.48. The van der Waals surface area contributed by atoms with Crippen LogP contribution in [0.1, 0.15) is 0 Å². The summed E-state index contributed by atoms with van der Waals surface area (Å²) in [5.74, 6) is 1.97. The third-order valence-corrected chi connectivity index (χ3v) is 5.76. The monoisotopic (exact) mass is 465 g/mol. The zero-order valence-electron chi connectivity index (χ0n) is 13.6. The maximum atomic E-state index is 4.71. The van der Waals surface area contributed by atoms with Crippen LogP contribution in [-0.4, -0.2) is 15.0 Å². The average molecular weight is 467 g/mol. The molecular formula is C21H13Br2N3. The highest BCUT2D eigenvalue weighted by Gasteiger charge is 2.12. The molecule has 1 heterocycles. The highest BCUT2D eigenvalue weighted by molar-refractivity contribution is 9.13. The number of aromatic nitrogens is 3. The molecule has 4 rings (SSSR count). The van der Waals surface area contributed by atoms with E-state index in [0.717, 1.165) is 25.6 Å². The van der Waals surface area contributed by atoms with Gasteiger partial charge < -0.3 is 0 Å². The summed E-state index contributed by atoms with van der Waals surface area (Å²) < 4.78 is 1.94. The van der Waals surface area contributed by atoms with E-state index in [-0.39, 0.29) is 0 Å². The average Bonchev–Trinajstić information content (AvgIpc) is 2.71. The third-order valence-electron chi connectivity index (χ3n) is 3.88. The van der Waals surface area contributed by atoms with E-state index in [4.69, 9.17) is 15.0 Å². The first-order chi connectivity index (χ1) is 12.7. The van der Waals surface area contributed by atoms with E-state index in [1.54, 1.807) is 0 Å². The maximum Gasteiger partial charge on any atom is 0.164 e. The minimum atomic E-state index is 0.644. The Kier molecular flexibility index (Phi) is 4.91. The van der Waals surface area contributed by atoms with Crippen molar-refractivity contribution in [3.8, 4) is 34.2 Å². The van der Waals surface area contributed by atoms with Crippen molar-refractivity contribution in [3.05, 3.63) is 87.8 Å². The van der Waals surface area contributed by atoms with Gasteiger partial charge in [-0.3, -0.25) is 0 Å². The molecule has 0 radical (unpaired) electrons. The fourth-order valence-electron chi connectivity index (χ4n) is 2.57.